The first-order chi connectivity index (χ1) is 18.8. The summed E-state index contributed by atoms with van der Waals surface area (Å²) in [5.74, 6) is -1.56. The van der Waals surface area contributed by atoms with Crippen LogP contribution in [0, 0.1) is 0 Å². The third-order valence-electron chi connectivity index (χ3n) is 6.19. The number of ether oxygens (including phenoxy) is 3. The van der Waals surface area contributed by atoms with E-state index in [1.807, 2.05) is 0 Å². The fourth-order valence-corrected chi connectivity index (χ4v) is 7.96. The van der Waals surface area contributed by atoms with E-state index in [-0.39, 0.29) is 28.7 Å². The van der Waals surface area contributed by atoms with Gasteiger partial charge in [0.2, 0.25) is 11.8 Å². The quantitative estimate of drug-likeness (QED) is 0.0984. The molecule has 220 valence electrons. The number of esters is 1. The Balaban J connectivity index is 1.53. The number of amides is 3. The van der Waals surface area contributed by atoms with E-state index in [9.17, 15) is 29.2 Å². The Morgan fingerprint density at radius 1 is 1.40 bits per heavy atom. The molecule has 2 aromatic rings. The SMILES string of the molecule is COC(=O)[C@@H](C)N[P@](=O)(OC[C@H]1O[C@@H](n2cnc3c(OC)nc(N)nc32)[C@](C)(O)[C@@H]1O)SC[C@@H]1NC(=O)NC1=O. The number of nitrogens with zero attached hydrogens (tertiary/aromatic N) is 4. The molecule has 0 radical (unpaired) electrons. The first-order valence-corrected chi connectivity index (χ1v) is 15.0. The van der Waals surface area contributed by atoms with E-state index < -0.39 is 67.4 Å². The smallest absolute Gasteiger partial charge is 0.327 e. The van der Waals surface area contributed by atoms with Crippen molar-refractivity contribution in [1.29, 1.82) is 0 Å². The zero-order valence-electron chi connectivity index (χ0n) is 21.8. The second kappa shape index (κ2) is 11.4. The number of fused-ring (bicyclic) bond motifs is 1. The number of aliphatic hydroxyl groups excluding tert-OH is 1. The van der Waals surface area contributed by atoms with Gasteiger partial charge < -0.3 is 40.0 Å². The third-order valence-corrected chi connectivity index (χ3v) is 10.3. The summed E-state index contributed by atoms with van der Waals surface area (Å²) in [4.78, 5) is 47.6. The fourth-order valence-electron chi connectivity index (χ4n) is 4.10. The maximum absolute atomic E-state index is 13.7. The van der Waals surface area contributed by atoms with Crippen molar-refractivity contribution in [3.8, 4) is 5.88 Å². The van der Waals surface area contributed by atoms with Crippen LogP contribution >= 0.6 is 18.1 Å². The summed E-state index contributed by atoms with van der Waals surface area (Å²) in [5.41, 5.74) is 4.25. The predicted molar refractivity (Wildman–Crippen MR) is 138 cm³/mol. The van der Waals surface area contributed by atoms with E-state index in [1.54, 1.807) is 0 Å². The highest BCUT2D eigenvalue weighted by Gasteiger charge is 2.54. The molecule has 0 unspecified atom stereocenters. The van der Waals surface area contributed by atoms with E-state index in [0.29, 0.717) is 11.4 Å². The summed E-state index contributed by atoms with van der Waals surface area (Å²) >= 11 is 0.653. The van der Waals surface area contributed by atoms with Gasteiger partial charge in [-0.05, 0) is 13.8 Å². The molecule has 7 atom stereocenters. The molecule has 2 aliphatic rings. The van der Waals surface area contributed by atoms with Crippen LogP contribution in [0.3, 0.4) is 0 Å². The Morgan fingerprint density at radius 3 is 2.75 bits per heavy atom. The number of aliphatic hydroxyl groups is 2. The molecule has 40 heavy (non-hydrogen) atoms. The Kier molecular flexibility index (Phi) is 8.55. The van der Waals surface area contributed by atoms with Gasteiger partial charge in [0.15, 0.2) is 17.4 Å². The molecule has 0 spiro atoms. The zero-order valence-corrected chi connectivity index (χ0v) is 23.5. The van der Waals surface area contributed by atoms with Crippen molar-refractivity contribution in [3.05, 3.63) is 6.33 Å². The summed E-state index contributed by atoms with van der Waals surface area (Å²) in [5, 5.41) is 29.1. The minimum atomic E-state index is -4.01. The molecular formula is C20H29N8O10PS. The largest absolute Gasteiger partial charge is 0.479 e. The molecule has 2 fully saturated rings. The number of imide groups is 1. The second-order valence-electron chi connectivity index (χ2n) is 9.09. The van der Waals surface area contributed by atoms with E-state index in [2.05, 4.69) is 35.4 Å². The van der Waals surface area contributed by atoms with Gasteiger partial charge >= 0.3 is 18.7 Å². The van der Waals surface area contributed by atoms with Crippen molar-refractivity contribution >= 4 is 53.1 Å². The lowest BCUT2D eigenvalue weighted by Gasteiger charge is -2.27. The van der Waals surface area contributed by atoms with Gasteiger partial charge in [0, 0.05) is 5.75 Å². The van der Waals surface area contributed by atoms with Crippen LogP contribution in [0.5, 0.6) is 5.88 Å². The summed E-state index contributed by atoms with van der Waals surface area (Å²) in [6.07, 6.45) is -2.71. The van der Waals surface area contributed by atoms with Crippen LogP contribution in [0.2, 0.25) is 0 Å². The lowest BCUT2D eigenvalue weighted by Crippen LogP contribution is -2.44. The molecule has 2 saturated heterocycles. The molecule has 0 aliphatic carbocycles. The number of carbonyl (C=O) groups is 3. The number of nitrogens with one attached hydrogen (secondary N) is 3. The van der Waals surface area contributed by atoms with Crippen molar-refractivity contribution in [2.45, 2.75) is 50.0 Å². The fraction of sp³-hybridized carbons (Fsp3) is 0.600. The molecule has 18 nitrogen and oxygen atoms in total. The summed E-state index contributed by atoms with van der Waals surface area (Å²) in [6, 6.07) is -2.78. The van der Waals surface area contributed by atoms with Crippen molar-refractivity contribution in [2.75, 3.05) is 32.3 Å². The standard InChI is InChI=1S/C20H29N8O10PS/c1-8(16(31)36-4)27-39(34,40-6-9-14(30)25-19(32)23-9)37-5-10-12(29)20(2,33)17(38-10)28-7-22-11-13(28)24-18(21)26-15(11)35-3/h7-10,12,17,29,33H,5-6H2,1-4H3,(H,27,34)(H2,21,24,26)(H2,23,25,30,32)/t8-,9+,10-,12-,17-,20-,39+/m1/s1. The third kappa shape index (κ3) is 5.85. The summed E-state index contributed by atoms with van der Waals surface area (Å²) < 4.78 is 36.5. The van der Waals surface area contributed by atoms with Crippen molar-refractivity contribution in [3.63, 3.8) is 0 Å². The molecule has 0 saturated carbocycles. The number of rotatable bonds is 11. The molecule has 4 rings (SSSR count). The van der Waals surface area contributed by atoms with Gasteiger partial charge in [-0.25, -0.2) is 14.9 Å². The average molecular weight is 605 g/mol. The highest BCUT2D eigenvalue weighted by atomic mass is 32.7. The van der Waals surface area contributed by atoms with E-state index in [1.165, 1.54) is 31.9 Å². The zero-order chi connectivity index (χ0) is 29.4. The average Bonchev–Trinajstić information content (AvgIpc) is 3.53. The number of carbonyl (C=O) groups excluding carboxylic acids is 3. The van der Waals surface area contributed by atoms with Gasteiger partial charge in [0.05, 0.1) is 27.2 Å². The number of hydrogen-bond acceptors (Lipinski definition) is 15. The number of nitrogens with two attached hydrogens (primary N) is 1. The lowest BCUT2D eigenvalue weighted by molar-refractivity contribution is -0.142. The van der Waals surface area contributed by atoms with Gasteiger partial charge in [-0.2, -0.15) is 9.97 Å². The molecule has 0 bridgehead atoms. The van der Waals surface area contributed by atoms with Crippen LogP contribution in [-0.4, -0.2) is 104 Å². The molecule has 4 heterocycles. The van der Waals surface area contributed by atoms with Crippen molar-refractivity contribution < 1.29 is 47.9 Å². The van der Waals surface area contributed by atoms with Crippen LogP contribution in [0.1, 0.15) is 20.1 Å². The topological polar surface area (TPSA) is 251 Å². The highest BCUT2D eigenvalue weighted by molar-refractivity contribution is 8.56. The maximum atomic E-state index is 13.7. The molecule has 2 aliphatic heterocycles. The van der Waals surface area contributed by atoms with E-state index >= 15 is 0 Å². The Hall–Kier alpha value is -3.06. The number of aromatic nitrogens is 4. The molecule has 7 N–H and O–H groups in total. The predicted octanol–water partition coefficient (Wildman–Crippen LogP) is -1.36. The Bertz CT molecular complexity index is 1360. The summed E-state index contributed by atoms with van der Waals surface area (Å²) in [7, 11) is 2.52. The van der Waals surface area contributed by atoms with Crippen molar-refractivity contribution in [2.24, 2.45) is 0 Å². The van der Waals surface area contributed by atoms with Gasteiger partial charge in [0.25, 0.3) is 5.91 Å². The van der Waals surface area contributed by atoms with E-state index in [4.69, 9.17) is 19.7 Å². The number of nitrogen functional groups attached to an aromatic ring is 1. The summed E-state index contributed by atoms with van der Waals surface area (Å²) in [6.45, 7) is -1.82. The van der Waals surface area contributed by atoms with Crippen LogP contribution in [0.4, 0.5) is 10.7 Å². The number of anilines is 1. The molecule has 20 heteroatoms. The Morgan fingerprint density at radius 2 is 2.12 bits per heavy atom. The second-order valence-corrected chi connectivity index (χ2v) is 13.4. The van der Waals surface area contributed by atoms with Crippen LogP contribution in [-0.2, 0) is 28.2 Å². The van der Waals surface area contributed by atoms with Crippen LogP contribution in [0.15, 0.2) is 6.33 Å². The number of methoxy groups -OCH3 is 2. The molecule has 0 aromatic carbocycles. The molecule has 2 aromatic heterocycles. The number of imidazole rings is 1. The van der Waals surface area contributed by atoms with Gasteiger partial charge in [-0.3, -0.25) is 24.0 Å². The van der Waals surface area contributed by atoms with Crippen molar-refractivity contribution in [1.82, 2.24) is 35.2 Å². The lowest BCUT2D eigenvalue weighted by atomic mass is 9.96. The van der Waals surface area contributed by atoms with Gasteiger partial charge in [-0.1, -0.05) is 11.4 Å². The first kappa shape index (κ1) is 29.9. The minimum absolute atomic E-state index is 0.0928. The van der Waals surface area contributed by atoms with Crippen LogP contribution in [0.25, 0.3) is 11.2 Å². The van der Waals surface area contributed by atoms with Gasteiger partial charge in [-0.15, -0.1) is 0 Å². The number of hydrogen-bond donors (Lipinski definition) is 6. The minimum Gasteiger partial charge on any atom is -0.479 e. The van der Waals surface area contributed by atoms with E-state index in [0.717, 1.165) is 7.11 Å². The monoisotopic (exact) mass is 604 g/mol. The molecule has 3 amide bonds. The first-order valence-electron chi connectivity index (χ1n) is 11.8. The normalized spacial score (nSPS) is 28.6. The van der Waals surface area contributed by atoms with Gasteiger partial charge in [0.1, 0.15) is 29.9 Å². The number of urea groups is 1. The van der Waals surface area contributed by atoms with Crippen LogP contribution < -0.4 is 26.2 Å². The highest BCUT2D eigenvalue weighted by Crippen LogP contribution is 2.57. The maximum Gasteiger partial charge on any atom is 0.327 e. The Labute approximate surface area is 230 Å². The molecular weight excluding hydrogens is 575 g/mol.